The Kier molecular flexibility index (Phi) is 8.99. The molecule has 2 unspecified atom stereocenters. The van der Waals surface area contributed by atoms with Crippen LogP contribution in [0.3, 0.4) is 0 Å². The van der Waals surface area contributed by atoms with E-state index in [0.29, 0.717) is 0 Å². The van der Waals surface area contributed by atoms with Crippen LogP contribution in [0.1, 0.15) is 104 Å². The maximum atomic E-state index is 9.60. The molecule has 0 aliphatic heterocycles. The zero-order valence-corrected chi connectivity index (χ0v) is 13.9. The SMILES string of the molecule is CCCCCCCCCCC1(C#N)CCCC(CC)C1. The molecule has 2 atom stereocenters. The Bertz CT molecular complexity index is 278. The summed E-state index contributed by atoms with van der Waals surface area (Å²) in [5.74, 6) is 0.817. The van der Waals surface area contributed by atoms with E-state index in [1.807, 2.05) is 0 Å². The maximum absolute atomic E-state index is 9.60. The average Bonchev–Trinajstić information content (AvgIpc) is 2.50. The molecular formula is C19H35N. The molecule has 0 aromatic carbocycles. The number of nitriles is 1. The topological polar surface area (TPSA) is 23.8 Å². The van der Waals surface area contributed by atoms with Gasteiger partial charge in [0.05, 0.1) is 11.5 Å². The first-order valence-electron chi connectivity index (χ1n) is 9.17. The third kappa shape index (κ3) is 6.29. The maximum Gasteiger partial charge on any atom is 0.0689 e. The number of unbranched alkanes of at least 4 members (excludes halogenated alkanes) is 7. The predicted octanol–water partition coefficient (Wildman–Crippen LogP) is 6.63. The standard InChI is InChI=1S/C19H35N/c1-3-5-6-7-8-9-10-11-14-19(17-20)15-12-13-18(4-2)16-19/h18H,3-16H2,1-2H3. The second-order valence-electron chi connectivity index (χ2n) is 6.99. The van der Waals surface area contributed by atoms with Crippen molar-refractivity contribution >= 4 is 0 Å². The van der Waals surface area contributed by atoms with Crippen LogP contribution in [-0.2, 0) is 0 Å². The molecule has 0 bridgehead atoms. The van der Waals surface area contributed by atoms with Gasteiger partial charge in [-0.05, 0) is 25.2 Å². The highest BCUT2D eigenvalue weighted by Gasteiger charge is 2.35. The number of rotatable bonds is 10. The molecule has 0 radical (unpaired) electrons. The molecule has 1 heteroatoms. The molecular weight excluding hydrogens is 242 g/mol. The lowest BCUT2D eigenvalue weighted by molar-refractivity contribution is 0.178. The molecule has 20 heavy (non-hydrogen) atoms. The monoisotopic (exact) mass is 277 g/mol. The molecule has 0 N–H and O–H groups in total. The van der Waals surface area contributed by atoms with Crippen LogP contribution in [0.4, 0.5) is 0 Å². The molecule has 116 valence electrons. The summed E-state index contributed by atoms with van der Waals surface area (Å²) in [6.07, 6.45) is 18.4. The van der Waals surface area contributed by atoms with Crippen molar-refractivity contribution in [1.29, 1.82) is 5.26 Å². The second kappa shape index (κ2) is 10.3. The summed E-state index contributed by atoms with van der Waals surface area (Å²) in [6.45, 7) is 4.56. The van der Waals surface area contributed by atoms with Gasteiger partial charge in [-0.2, -0.15) is 5.26 Å². The van der Waals surface area contributed by atoms with E-state index in [0.717, 1.165) is 18.8 Å². The van der Waals surface area contributed by atoms with Gasteiger partial charge in [0.15, 0.2) is 0 Å². The molecule has 0 spiro atoms. The summed E-state index contributed by atoms with van der Waals surface area (Å²) >= 11 is 0. The van der Waals surface area contributed by atoms with Gasteiger partial charge in [0.1, 0.15) is 0 Å². The summed E-state index contributed by atoms with van der Waals surface area (Å²) < 4.78 is 0. The van der Waals surface area contributed by atoms with Crippen LogP contribution in [-0.4, -0.2) is 0 Å². The summed E-state index contributed by atoms with van der Waals surface area (Å²) in [7, 11) is 0. The van der Waals surface area contributed by atoms with Gasteiger partial charge in [-0.3, -0.25) is 0 Å². The van der Waals surface area contributed by atoms with Gasteiger partial charge in [-0.25, -0.2) is 0 Å². The van der Waals surface area contributed by atoms with Crippen molar-refractivity contribution in [3.05, 3.63) is 0 Å². The van der Waals surface area contributed by atoms with Gasteiger partial charge in [0, 0.05) is 0 Å². The van der Waals surface area contributed by atoms with Gasteiger partial charge in [0.25, 0.3) is 0 Å². The van der Waals surface area contributed by atoms with E-state index in [-0.39, 0.29) is 5.41 Å². The van der Waals surface area contributed by atoms with Gasteiger partial charge in [-0.1, -0.05) is 84.5 Å². The smallest absolute Gasteiger partial charge is 0.0689 e. The lowest BCUT2D eigenvalue weighted by Crippen LogP contribution is -2.27. The lowest BCUT2D eigenvalue weighted by atomic mass is 9.67. The first kappa shape index (κ1) is 17.5. The van der Waals surface area contributed by atoms with Crippen LogP contribution in [0, 0.1) is 22.7 Å². The van der Waals surface area contributed by atoms with Crippen LogP contribution in [0.5, 0.6) is 0 Å². The highest BCUT2D eigenvalue weighted by Crippen LogP contribution is 2.43. The Morgan fingerprint density at radius 1 is 1.00 bits per heavy atom. The van der Waals surface area contributed by atoms with Crippen LogP contribution >= 0.6 is 0 Å². The molecule has 1 saturated carbocycles. The molecule has 1 nitrogen and oxygen atoms in total. The summed E-state index contributed by atoms with van der Waals surface area (Å²) in [5, 5.41) is 9.60. The van der Waals surface area contributed by atoms with E-state index >= 15 is 0 Å². The number of hydrogen-bond donors (Lipinski definition) is 0. The Hall–Kier alpha value is -0.510. The Morgan fingerprint density at radius 2 is 1.65 bits per heavy atom. The third-order valence-corrected chi connectivity index (χ3v) is 5.27. The molecule has 0 saturated heterocycles. The quantitative estimate of drug-likeness (QED) is 0.411. The van der Waals surface area contributed by atoms with Crippen molar-refractivity contribution in [2.75, 3.05) is 0 Å². The highest BCUT2D eigenvalue weighted by atomic mass is 14.4. The molecule has 1 fully saturated rings. The zero-order chi connectivity index (χ0) is 14.7. The third-order valence-electron chi connectivity index (χ3n) is 5.27. The van der Waals surface area contributed by atoms with Crippen molar-refractivity contribution in [2.24, 2.45) is 11.3 Å². The van der Waals surface area contributed by atoms with Crippen LogP contribution < -0.4 is 0 Å². The van der Waals surface area contributed by atoms with Crippen molar-refractivity contribution in [3.63, 3.8) is 0 Å². The normalized spacial score (nSPS) is 26.4. The molecule has 0 heterocycles. The fraction of sp³-hybridized carbons (Fsp3) is 0.947. The number of hydrogen-bond acceptors (Lipinski definition) is 1. The molecule has 0 aromatic rings. The Labute approximate surface area is 127 Å². The first-order valence-corrected chi connectivity index (χ1v) is 9.17. The zero-order valence-electron chi connectivity index (χ0n) is 13.9. The highest BCUT2D eigenvalue weighted by molar-refractivity contribution is 5.01. The molecule has 1 rings (SSSR count). The van der Waals surface area contributed by atoms with E-state index in [9.17, 15) is 5.26 Å². The van der Waals surface area contributed by atoms with Gasteiger partial charge in [-0.15, -0.1) is 0 Å². The van der Waals surface area contributed by atoms with E-state index in [2.05, 4.69) is 19.9 Å². The lowest BCUT2D eigenvalue weighted by Gasteiger charge is -2.35. The minimum atomic E-state index is 0.0428. The van der Waals surface area contributed by atoms with Crippen molar-refractivity contribution < 1.29 is 0 Å². The van der Waals surface area contributed by atoms with E-state index in [4.69, 9.17) is 0 Å². The number of nitrogens with zero attached hydrogens (tertiary/aromatic N) is 1. The van der Waals surface area contributed by atoms with E-state index in [1.165, 1.54) is 77.0 Å². The predicted molar refractivity (Wildman–Crippen MR) is 87.5 cm³/mol. The second-order valence-corrected chi connectivity index (χ2v) is 6.99. The van der Waals surface area contributed by atoms with Gasteiger partial charge in [0.2, 0.25) is 0 Å². The van der Waals surface area contributed by atoms with Crippen LogP contribution in [0.2, 0.25) is 0 Å². The van der Waals surface area contributed by atoms with E-state index < -0.39 is 0 Å². The average molecular weight is 277 g/mol. The fourth-order valence-electron chi connectivity index (χ4n) is 3.82. The molecule has 1 aliphatic rings. The summed E-state index contributed by atoms with van der Waals surface area (Å²) in [4.78, 5) is 0. The van der Waals surface area contributed by atoms with Crippen LogP contribution in [0.15, 0.2) is 0 Å². The van der Waals surface area contributed by atoms with Gasteiger partial charge >= 0.3 is 0 Å². The van der Waals surface area contributed by atoms with Crippen molar-refractivity contribution in [2.45, 2.75) is 104 Å². The minimum absolute atomic E-state index is 0.0428. The van der Waals surface area contributed by atoms with E-state index in [1.54, 1.807) is 0 Å². The van der Waals surface area contributed by atoms with Crippen molar-refractivity contribution in [1.82, 2.24) is 0 Å². The van der Waals surface area contributed by atoms with Gasteiger partial charge < -0.3 is 0 Å². The molecule has 1 aliphatic carbocycles. The largest absolute Gasteiger partial charge is 0.198 e. The van der Waals surface area contributed by atoms with Crippen LogP contribution in [0.25, 0.3) is 0 Å². The fourth-order valence-corrected chi connectivity index (χ4v) is 3.82. The summed E-state index contributed by atoms with van der Waals surface area (Å²) in [6, 6.07) is 2.70. The Balaban J connectivity index is 2.14. The minimum Gasteiger partial charge on any atom is -0.198 e. The molecule has 0 amide bonds. The Morgan fingerprint density at radius 3 is 2.25 bits per heavy atom. The first-order chi connectivity index (χ1) is 9.76. The van der Waals surface area contributed by atoms with Crippen molar-refractivity contribution in [3.8, 4) is 6.07 Å². The summed E-state index contributed by atoms with van der Waals surface area (Å²) in [5.41, 5.74) is 0.0428. The molecule has 0 aromatic heterocycles.